The third-order valence-electron chi connectivity index (χ3n) is 5.15. The molecule has 1 atom stereocenters. The molecule has 25 heavy (non-hydrogen) atoms. The molecule has 132 valence electrons. The van der Waals surface area contributed by atoms with Crippen molar-refractivity contribution in [3.8, 4) is 11.3 Å². The molecule has 3 N–H and O–H groups in total. The lowest BCUT2D eigenvalue weighted by Crippen LogP contribution is -2.27. The van der Waals surface area contributed by atoms with E-state index in [1.54, 1.807) is 18.3 Å². The van der Waals surface area contributed by atoms with Gasteiger partial charge < -0.3 is 11.1 Å². The van der Waals surface area contributed by atoms with Gasteiger partial charge in [-0.25, -0.2) is 0 Å². The minimum Gasteiger partial charge on any atom is -0.366 e. The van der Waals surface area contributed by atoms with Crippen molar-refractivity contribution in [1.29, 1.82) is 0 Å². The van der Waals surface area contributed by atoms with Gasteiger partial charge in [-0.1, -0.05) is 49.9 Å². The molecule has 2 aromatic rings. The maximum Gasteiger partial charge on any atom is 0.250 e. The summed E-state index contributed by atoms with van der Waals surface area (Å²) in [5, 5.41) is 3.64. The molecule has 1 saturated carbocycles. The number of hydrogen-bond acceptors (Lipinski definition) is 3. The van der Waals surface area contributed by atoms with Crippen LogP contribution in [0.15, 0.2) is 42.6 Å². The first-order valence-corrected chi connectivity index (χ1v) is 9.21. The van der Waals surface area contributed by atoms with E-state index in [1.165, 1.54) is 32.1 Å². The molecule has 0 unspecified atom stereocenters. The monoisotopic (exact) mass is 337 g/mol. The zero-order valence-electron chi connectivity index (χ0n) is 14.9. The number of rotatable bonds is 7. The normalized spacial score (nSPS) is 16.0. The van der Waals surface area contributed by atoms with Crippen molar-refractivity contribution in [2.24, 2.45) is 11.7 Å². The number of carbonyl (C=O) groups excluding carboxylic acids is 1. The van der Waals surface area contributed by atoms with Gasteiger partial charge in [-0.15, -0.1) is 0 Å². The topological polar surface area (TPSA) is 68.0 Å². The van der Waals surface area contributed by atoms with E-state index >= 15 is 0 Å². The van der Waals surface area contributed by atoms with Crippen LogP contribution >= 0.6 is 0 Å². The van der Waals surface area contributed by atoms with E-state index in [0.717, 1.165) is 23.6 Å². The van der Waals surface area contributed by atoms with E-state index < -0.39 is 5.91 Å². The van der Waals surface area contributed by atoms with Crippen molar-refractivity contribution in [2.45, 2.75) is 51.6 Å². The van der Waals surface area contributed by atoms with Crippen molar-refractivity contribution in [2.75, 3.05) is 0 Å². The minimum absolute atomic E-state index is 0.444. The summed E-state index contributed by atoms with van der Waals surface area (Å²) in [6.07, 6.45) is 8.45. The van der Waals surface area contributed by atoms with Gasteiger partial charge in [-0.3, -0.25) is 9.78 Å². The highest BCUT2D eigenvalue weighted by Crippen LogP contribution is 2.29. The van der Waals surface area contributed by atoms with Crippen LogP contribution in [0.4, 0.5) is 0 Å². The highest BCUT2D eigenvalue weighted by Gasteiger charge is 2.18. The molecule has 0 bridgehead atoms. The van der Waals surface area contributed by atoms with E-state index in [1.807, 2.05) is 18.2 Å². The number of amides is 1. The maximum atomic E-state index is 11.7. The number of benzene rings is 1. The molecule has 0 radical (unpaired) electrons. The molecule has 0 saturated heterocycles. The molecule has 1 aromatic heterocycles. The second-order valence-corrected chi connectivity index (χ2v) is 7.09. The molecule has 1 aromatic carbocycles. The second-order valence-electron chi connectivity index (χ2n) is 7.09. The fourth-order valence-corrected chi connectivity index (χ4v) is 3.84. The van der Waals surface area contributed by atoms with Gasteiger partial charge in [0.05, 0.1) is 11.3 Å². The number of carbonyl (C=O) groups is 1. The Balaban J connectivity index is 1.74. The molecule has 4 nitrogen and oxygen atoms in total. The van der Waals surface area contributed by atoms with Crippen LogP contribution in [0.25, 0.3) is 11.3 Å². The van der Waals surface area contributed by atoms with Crippen LogP contribution < -0.4 is 11.1 Å². The molecule has 1 aliphatic rings. The van der Waals surface area contributed by atoms with Crippen molar-refractivity contribution in [3.05, 3.63) is 53.7 Å². The molecule has 4 heteroatoms. The van der Waals surface area contributed by atoms with Gasteiger partial charge in [0.25, 0.3) is 5.91 Å². The average molecular weight is 337 g/mol. The smallest absolute Gasteiger partial charge is 0.250 e. The number of primary amides is 1. The van der Waals surface area contributed by atoms with Gasteiger partial charge in [0, 0.05) is 24.3 Å². The summed E-state index contributed by atoms with van der Waals surface area (Å²) in [5.41, 5.74) is 8.76. The Labute approximate surface area is 149 Å². The highest BCUT2D eigenvalue weighted by atomic mass is 16.1. The SMILES string of the molecule is C[C@@H](CC1CCCC1)NCc1ccccc1-c1ncccc1C(N)=O. The fourth-order valence-electron chi connectivity index (χ4n) is 3.84. The van der Waals surface area contributed by atoms with E-state index in [9.17, 15) is 4.79 Å². The lowest BCUT2D eigenvalue weighted by Gasteiger charge is -2.19. The first kappa shape index (κ1) is 17.6. The van der Waals surface area contributed by atoms with Crippen LogP contribution in [0, 0.1) is 5.92 Å². The van der Waals surface area contributed by atoms with Crippen LogP contribution in [-0.4, -0.2) is 16.9 Å². The second kappa shape index (κ2) is 8.26. The fraction of sp³-hybridized carbons (Fsp3) is 0.429. The number of pyridine rings is 1. The molecular formula is C21H27N3O. The Kier molecular flexibility index (Phi) is 5.82. The third-order valence-corrected chi connectivity index (χ3v) is 5.15. The van der Waals surface area contributed by atoms with Crippen LogP contribution in [0.2, 0.25) is 0 Å². The van der Waals surface area contributed by atoms with Crippen LogP contribution in [-0.2, 0) is 6.54 Å². The summed E-state index contributed by atoms with van der Waals surface area (Å²) in [6.45, 7) is 3.02. The molecule has 0 spiro atoms. The Hall–Kier alpha value is -2.20. The summed E-state index contributed by atoms with van der Waals surface area (Å²) < 4.78 is 0. The summed E-state index contributed by atoms with van der Waals surface area (Å²) in [6, 6.07) is 12.0. The quantitative estimate of drug-likeness (QED) is 0.805. The number of nitrogens with two attached hydrogens (primary N) is 1. The van der Waals surface area contributed by atoms with E-state index in [-0.39, 0.29) is 0 Å². The summed E-state index contributed by atoms with van der Waals surface area (Å²) in [4.78, 5) is 16.1. The first-order chi connectivity index (χ1) is 12.1. The van der Waals surface area contributed by atoms with Gasteiger partial charge in [-0.2, -0.15) is 0 Å². The predicted octanol–water partition coefficient (Wildman–Crippen LogP) is 3.91. The number of nitrogens with one attached hydrogen (secondary N) is 1. The lowest BCUT2D eigenvalue weighted by molar-refractivity contribution is 0.100. The lowest BCUT2D eigenvalue weighted by atomic mass is 9.97. The highest BCUT2D eigenvalue weighted by molar-refractivity contribution is 5.99. The van der Waals surface area contributed by atoms with Gasteiger partial charge in [0.1, 0.15) is 0 Å². The molecule has 0 aliphatic heterocycles. The molecule has 3 rings (SSSR count). The number of hydrogen-bond donors (Lipinski definition) is 2. The Morgan fingerprint density at radius 3 is 2.76 bits per heavy atom. The first-order valence-electron chi connectivity index (χ1n) is 9.21. The van der Waals surface area contributed by atoms with Crippen LogP contribution in [0.3, 0.4) is 0 Å². The molecule has 1 heterocycles. The zero-order chi connectivity index (χ0) is 17.6. The van der Waals surface area contributed by atoms with Gasteiger partial charge in [0.2, 0.25) is 0 Å². The Morgan fingerprint density at radius 1 is 1.24 bits per heavy atom. The molecule has 1 aliphatic carbocycles. The molecule has 1 fully saturated rings. The summed E-state index contributed by atoms with van der Waals surface area (Å²) >= 11 is 0. The summed E-state index contributed by atoms with van der Waals surface area (Å²) in [5.74, 6) is 0.426. The van der Waals surface area contributed by atoms with Crippen LogP contribution in [0.1, 0.15) is 54.9 Å². The third kappa shape index (κ3) is 4.45. The number of nitrogens with zero attached hydrogens (tertiary/aromatic N) is 1. The van der Waals surface area contributed by atoms with E-state index in [4.69, 9.17) is 5.73 Å². The van der Waals surface area contributed by atoms with Gasteiger partial charge >= 0.3 is 0 Å². The Morgan fingerprint density at radius 2 is 2.00 bits per heavy atom. The van der Waals surface area contributed by atoms with E-state index in [2.05, 4.69) is 23.3 Å². The predicted molar refractivity (Wildman–Crippen MR) is 101 cm³/mol. The minimum atomic E-state index is -0.444. The maximum absolute atomic E-state index is 11.7. The van der Waals surface area contributed by atoms with Crippen LogP contribution in [0.5, 0.6) is 0 Å². The molecular weight excluding hydrogens is 310 g/mol. The molecule has 1 amide bonds. The standard InChI is InChI=1S/C21H27N3O/c1-15(13-16-7-2-3-8-16)24-14-17-9-4-5-10-18(17)20-19(21(22)25)11-6-12-23-20/h4-6,9-12,15-16,24H,2-3,7-8,13-14H2,1H3,(H2,22,25)/t15-/m0/s1. The average Bonchev–Trinajstić information content (AvgIpc) is 3.13. The largest absolute Gasteiger partial charge is 0.366 e. The van der Waals surface area contributed by atoms with Gasteiger partial charge in [0.15, 0.2) is 0 Å². The van der Waals surface area contributed by atoms with Crippen molar-refractivity contribution in [1.82, 2.24) is 10.3 Å². The zero-order valence-corrected chi connectivity index (χ0v) is 14.9. The van der Waals surface area contributed by atoms with E-state index in [0.29, 0.717) is 17.3 Å². The van der Waals surface area contributed by atoms with Crippen molar-refractivity contribution >= 4 is 5.91 Å². The summed E-state index contributed by atoms with van der Waals surface area (Å²) in [7, 11) is 0. The van der Waals surface area contributed by atoms with Crippen molar-refractivity contribution < 1.29 is 4.79 Å². The van der Waals surface area contributed by atoms with Crippen molar-refractivity contribution in [3.63, 3.8) is 0 Å². The Bertz CT molecular complexity index is 723. The number of aromatic nitrogens is 1. The van der Waals surface area contributed by atoms with Gasteiger partial charge in [-0.05, 0) is 37.0 Å².